The predicted molar refractivity (Wildman–Crippen MR) is 139 cm³/mol. The minimum absolute atomic E-state index is 0.126. The highest BCUT2D eigenvalue weighted by molar-refractivity contribution is 7.89. The van der Waals surface area contributed by atoms with E-state index in [1.165, 1.54) is 13.1 Å². The molecule has 0 atom stereocenters. The van der Waals surface area contributed by atoms with Crippen molar-refractivity contribution in [2.75, 3.05) is 12.4 Å². The summed E-state index contributed by atoms with van der Waals surface area (Å²) in [6.07, 6.45) is 5.26. The number of sulfonamides is 1. The number of aryl methyl sites for hydroxylation is 1. The summed E-state index contributed by atoms with van der Waals surface area (Å²) in [7, 11) is -2.24. The number of hydrogen-bond donors (Lipinski definition) is 2. The monoisotopic (exact) mass is 507 g/mol. The number of rotatable bonds is 7. The Balaban J connectivity index is 1.51. The van der Waals surface area contributed by atoms with Crippen molar-refractivity contribution in [2.45, 2.75) is 44.6 Å². The number of benzene rings is 2. The van der Waals surface area contributed by atoms with Crippen molar-refractivity contribution in [1.29, 1.82) is 0 Å². The number of nitrogens with zero attached hydrogens (tertiary/aromatic N) is 3. The molecule has 1 amide bonds. The summed E-state index contributed by atoms with van der Waals surface area (Å²) in [5, 5.41) is 7.76. The Kier molecular flexibility index (Phi) is 6.83. The fourth-order valence-corrected chi connectivity index (χ4v) is 4.43. The van der Waals surface area contributed by atoms with Gasteiger partial charge in [-0.1, -0.05) is 12.1 Å². The van der Waals surface area contributed by atoms with Gasteiger partial charge in [0, 0.05) is 17.8 Å². The molecule has 2 aromatic heterocycles. The quantitative estimate of drug-likeness (QED) is 0.384. The first-order chi connectivity index (χ1) is 17.0. The van der Waals surface area contributed by atoms with Crippen molar-refractivity contribution < 1.29 is 17.9 Å². The highest BCUT2D eigenvalue weighted by atomic mass is 32.2. The number of ether oxygens (including phenoxy) is 1. The molecule has 9 nitrogen and oxygen atoms in total. The van der Waals surface area contributed by atoms with Gasteiger partial charge in [-0.15, -0.1) is 0 Å². The first-order valence-electron chi connectivity index (χ1n) is 11.4. The summed E-state index contributed by atoms with van der Waals surface area (Å²) in [4.78, 5) is 17.0. The Morgan fingerprint density at radius 1 is 1.08 bits per heavy atom. The molecule has 2 heterocycles. The second-order valence-electron chi connectivity index (χ2n) is 9.47. The van der Waals surface area contributed by atoms with Gasteiger partial charge in [0.2, 0.25) is 15.9 Å². The molecule has 0 saturated heterocycles. The molecule has 0 aliphatic rings. The van der Waals surface area contributed by atoms with E-state index < -0.39 is 10.0 Å². The van der Waals surface area contributed by atoms with E-state index in [9.17, 15) is 13.2 Å². The molecule has 4 rings (SSSR count). The highest BCUT2D eigenvalue weighted by Gasteiger charge is 2.16. The largest absolute Gasteiger partial charge is 0.456 e. The molecule has 0 spiro atoms. The predicted octanol–water partition coefficient (Wildman–Crippen LogP) is 4.38. The molecule has 0 radical (unpaired) electrons. The minimum atomic E-state index is -3.61. The fraction of sp³-hybridized carbons (Fsp3) is 0.269. The van der Waals surface area contributed by atoms with Gasteiger partial charge in [0.25, 0.3) is 0 Å². The number of anilines is 1. The summed E-state index contributed by atoms with van der Waals surface area (Å²) < 4.78 is 34.8. The molecule has 0 unspecified atom stereocenters. The van der Waals surface area contributed by atoms with Crippen molar-refractivity contribution in [1.82, 2.24) is 19.5 Å². The molecule has 188 valence electrons. The average molecular weight is 508 g/mol. The molecule has 0 saturated carbocycles. The lowest BCUT2D eigenvalue weighted by Crippen LogP contribution is -2.22. The normalized spacial score (nSPS) is 12.0. The van der Waals surface area contributed by atoms with E-state index >= 15 is 0 Å². The Morgan fingerprint density at radius 3 is 2.53 bits per heavy atom. The molecule has 0 bridgehead atoms. The van der Waals surface area contributed by atoms with Crippen LogP contribution in [0, 0.1) is 6.92 Å². The van der Waals surface area contributed by atoms with Crippen LogP contribution in [-0.2, 0) is 26.8 Å². The van der Waals surface area contributed by atoms with Gasteiger partial charge in [0.15, 0.2) is 0 Å². The van der Waals surface area contributed by atoms with E-state index in [0.29, 0.717) is 28.1 Å². The van der Waals surface area contributed by atoms with Crippen LogP contribution in [0.1, 0.15) is 31.9 Å². The van der Waals surface area contributed by atoms with Gasteiger partial charge >= 0.3 is 0 Å². The molecule has 0 aliphatic heterocycles. The van der Waals surface area contributed by atoms with Gasteiger partial charge in [0.1, 0.15) is 11.5 Å². The molecule has 4 aromatic rings. The minimum Gasteiger partial charge on any atom is -0.456 e. The first kappa shape index (κ1) is 25.3. The van der Waals surface area contributed by atoms with Gasteiger partial charge in [-0.3, -0.25) is 14.5 Å². The van der Waals surface area contributed by atoms with Crippen LogP contribution < -0.4 is 14.8 Å². The van der Waals surface area contributed by atoms with Gasteiger partial charge < -0.3 is 10.1 Å². The standard InChI is InChI=1S/C26H29N5O4S/c1-17-12-18(13-25(32)30-19-15-29-31(16-19)26(2,3)4)6-9-23(17)35-24-10-11-28-22-8-7-20(14-21(22)24)36(33,34)27-5/h6-12,14-16,27H,13H2,1-5H3,(H,30,32). The van der Waals surface area contributed by atoms with Crippen LogP contribution in [0.4, 0.5) is 5.69 Å². The summed E-state index contributed by atoms with van der Waals surface area (Å²) >= 11 is 0. The van der Waals surface area contributed by atoms with Crippen molar-refractivity contribution in [3.05, 3.63) is 72.2 Å². The molecule has 2 N–H and O–H groups in total. The van der Waals surface area contributed by atoms with Gasteiger partial charge in [-0.05, 0) is 76.2 Å². The number of aromatic nitrogens is 3. The van der Waals surface area contributed by atoms with Crippen LogP contribution in [0.25, 0.3) is 10.9 Å². The van der Waals surface area contributed by atoms with Crippen molar-refractivity contribution >= 4 is 32.5 Å². The number of nitrogens with one attached hydrogen (secondary N) is 2. The van der Waals surface area contributed by atoms with E-state index in [0.717, 1.165) is 11.1 Å². The topological polar surface area (TPSA) is 115 Å². The second kappa shape index (κ2) is 9.71. The molecule has 36 heavy (non-hydrogen) atoms. The molecular weight excluding hydrogens is 478 g/mol. The van der Waals surface area contributed by atoms with Crippen LogP contribution in [0.3, 0.4) is 0 Å². The van der Waals surface area contributed by atoms with Crippen LogP contribution in [-0.4, -0.2) is 36.1 Å². The Labute approximate surface area is 210 Å². The molecule has 0 aliphatic carbocycles. The summed E-state index contributed by atoms with van der Waals surface area (Å²) in [5.41, 5.74) is 2.77. The van der Waals surface area contributed by atoms with E-state index in [2.05, 4.69) is 20.1 Å². The number of amides is 1. The first-order valence-corrected chi connectivity index (χ1v) is 12.9. The van der Waals surface area contributed by atoms with Crippen LogP contribution >= 0.6 is 0 Å². The van der Waals surface area contributed by atoms with Gasteiger partial charge in [0.05, 0.1) is 34.3 Å². The number of carbonyl (C=O) groups is 1. The maximum atomic E-state index is 12.6. The van der Waals surface area contributed by atoms with Crippen molar-refractivity contribution in [2.24, 2.45) is 0 Å². The third-order valence-corrected chi connectivity index (χ3v) is 7.04. The van der Waals surface area contributed by atoms with Crippen LogP contribution in [0.2, 0.25) is 0 Å². The zero-order valence-electron chi connectivity index (χ0n) is 20.9. The number of fused-ring (bicyclic) bond motifs is 1. The highest BCUT2D eigenvalue weighted by Crippen LogP contribution is 2.32. The van der Waals surface area contributed by atoms with Crippen LogP contribution in [0.5, 0.6) is 11.5 Å². The maximum absolute atomic E-state index is 12.6. The Hall–Kier alpha value is -3.76. The lowest BCUT2D eigenvalue weighted by Gasteiger charge is -2.18. The number of hydrogen-bond acceptors (Lipinski definition) is 6. The zero-order valence-corrected chi connectivity index (χ0v) is 21.7. The third kappa shape index (κ3) is 5.55. The van der Waals surface area contributed by atoms with E-state index in [4.69, 9.17) is 4.74 Å². The number of pyridine rings is 1. The molecule has 0 fully saturated rings. The molecular formula is C26H29N5O4S. The summed E-state index contributed by atoms with van der Waals surface area (Å²) in [6, 6.07) is 11.9. The van der Waals surface area contributed by atoms with E-state index in [1.54, 1.807) is 41.3 Å². The van der Waals surface area contributed by atoms with E-state index in [1.807, 2.05) is 46.0 Å². The second-order valence-corrected chi connectivity index (χ2v) is 11.4. The fourth-order valence-electron chi connectivity index (χ4n) is 3.67. The third-order valence-electron chi connectivity index (χ3n) is 5.63. The zero-order chi connectivity index (χ0) is 26.1. The lowest BCUT2D eigenvalue weighted by molar-refractivity contribution is -0.115. The molecule has 10 heteroatoms. The van der Waals surface area contributed by atoms with Crippen molar-refractivity contribution in [3.8, 4) is 11.5 Å². The lowest BCUT2D eigenvalue weighted by atomic mass is 10.1. The average Bonchev–Trinajstić information content (AvgIpc) is 3.29. The molecule has 2 aromatic carbocycles. The summed E-state index contributed by atoms with van der Waals surface area (Å²) in [5.74, 6) is 0.938. The van der Waals surface area contributed by atoms with E-state index in [-0.39, 0.29) is 22.8 Å². The van der Waals surface area contributed by atoms with Gasteiger partial charge in [-0.25, -0.2) is 13.1 Å². The number of carbonyl (C=O) groups excluding carboxylic acids is 1. The smallest absolute Gasteiger partial charge is 0.240 e. The van der Waals surface area contributed by atoms with Gasteiger partial charge in [-0.2, -0.15) is 5.10 Å². The Bertz CT molecular complexity index is 1540. The SMILES string of the molecule is CNS(=O)(=O)c1ccc2nccc(Oc3ccc(CC(=O)Nc4cnn(C(C)(C)C)c4)cc3C)c2c1. The van der Waals surface area contributed by atoms with Crippen molar-refractivity contribution in [3.63, 3.8) is 0 Å². The Morgan fingerprint density at radius 2 is 1.86 bits per heavy atom. The van der Waals surface area contributed by atoms with Crippen LogP contribution in [0.15, 0.2) is 66.0 Å². The maximum Gasteiger partial charge on any atom is 0.240 e. The summed E-state index contributed by atoms with van der Waals surface area (Å²) in [6.45, 7) is 8.01.